The Morgan fingerprint density at radius 3 is 1.80 bits per heavy atom. The Bertz CT molecular complexity index is 372. The van der Waals surface area contributed by atoms with Crippen molar-refractivity contribution in [3.05, 3.63) is 4.77 Å². The van der Waals surface area contributed by atoms with E-state index in [9.17, 15) is 0 Å². The maximum absolute atomic E-state index is 5.03. The van der Waals surface area contributed by atoms with Gasteiger partial charge in [-0.2, -0.15) is 5.21 Å². The molecule has 0 spiro atoms. The van der Waals surface area contributed by atoms with E-state index >= 15 is 0 Å². The fraction of sp³-hybridized carbons (Fsp3) is 0.933. The van der Waals surface area contributed by atoms with Gasteiger partial charge in [0.15, 0.2) is 0 Å². The molecule has 1 rings (SSSR count). The van der Waals surface area contributed by atoms with Crippen molar-refractivity contribution in [1.29, 1.82) is 0 Å². The van der Waals surface area contributed by atoms with E-state index in [1.807, 2.05) is 4.68 Å². The van der Waals surface area contributed by atoms with Crippen LogP contribution in [0.5, 0.6) is 0 Å². The van der Waals surface area contributed by atoms with Crippen molar-refractivity contribution in [2.75, 3.05) is 0 Å². The van der Waals surface area contributed by atoms with Gasteiger partial charge in [0.05, 0.1) is 0 Å². The Labute approximate surface area is 128 Å². The van der Waals surface area contributed by atoms with E-state index in [1.165, 1.54) is 70.6 Å². The SMILES string of the molecule is CCCCCCCCCCCCCCn1[nH]nnc1=S. The number of H-pyrrole nitrogens is 1. The van der Waals surface area contributed by atoms with Gasteiger partial charge in [-0.25, -0.2) is 4.68 Å². The van der Waals surface area contributed by atoms with Crippen LogP contribution < -0.4 is 0 Å². The maximum atomic E-state index is 5.03. The number of hydrogen-bond acceptors (Lipinski definition) is 3. The van der Waals surface area contributed by atoms with Crippen LogP contribution in [0.15, 0.2) is 0 Å². The second-order valence-corrected chi connectivity index (χ2v) is 5.99. The van der Waals surface area contributed by atoms with Crippen molar-refractivity contribution < 1.29 is 0 Å². The highest BCUT2D eigenvalue weighted by molar-refractivity contribution is 7.71. The lowest BCUT2D eigenvalue weighted by Crippen LogP contribution is -2.00. The minimum Gasteiger partial charge on any atom is -0.242 e. The van der Waals surface area contributed by atoms with Gasteiger partial charge in [-0.1, -0.05) is 87.9 Å². The molecule has 0 radical (unpaired) electrons. The fourth-order valence-corrected chi connectivity index (χ4v) is 2.65. The number of aromatic amines is 1. The highest BCUT2D eigenvalue weighted by Crippen LogP contribution is 2.12. The summed E-state index contributed by atoms with van der Waals surface area (Å²) in [5.74, 6) is 0. The molecule has 0 fully saturated rings. The third kappa shape index (κ3) is 8.46. The molecule has 0 atom stereocenters. The molecule has 0 bridgehead atoms. The van der Waals surface area contributed by atoms with E-state index < -0.39 is 0 Å². The fourth-order valence-electron chi connectivity index (χ4n) is 2.47. The monoisotopic (exact) mass is 298 g/mol. The van der Waals surface area contributed by atoms with E-state index in [2.05, 4.69) is 22.4 Å². The van der Waals surface area contributed by atoms with Gasteiger partial charge in [0.2, 0.25) is 4.77 Å². The minimum atomic E-state index is 0.563. The molecule has 4 nitrogen and oxygen atoms in total. The van der Waals surface area contributed by atoms with Crippen LogP contribution in [0.25, 0.3) is 0 Å². The van der Waals surface area contributed by atoms with Gasteiger partial charge in [-0.05, 0) is 18.6 Å². The predicted molar refractivity (Wildman–Crippen MR) is 86.3 cm³/mol. The number of unbranched alkanes of at least 4 members (excludes halogenated alkanes) is 11. The highest BCUT2D eigenvalue weighted by Gasteiger charge is 1.96. The molecule has 0 aliphatic heterocycles. The molecule has 5 heteroatoms. The average Bonchev–Trinajstić information content (AvgIpc) is 2.85. The van der Waals surface area contributed by atoms with Crippen LogP contribution in [-0.2, 0) is 6.54 Å². The summed E-state index contributed by atoms with van der Waals surface area (Å²) in [5, 5.41) is 10.2. The zero-order chi connectivity index (χ0) is 14.5. The van der Waals surface area contributed by atoms with E-state index in [-0.39, 0.29) is 0 Å². The van der Waals surface area contributed by atoms with Crippen molar-refractivity contribution in [2.24, 2.45) is 0 Å². The number of aromatic nitrogens is 4. The summed E-state index contributed by atoms with van der Waals surface area (Å²) in [4.78, 5) is 0. The quantitative estimate of drug-likeness (QED) is 0.410. The zero-order valence-electron chi connectivity index (χ0n) is 12.9. The molecule has 1 heterocycles. The van der Waals surface area contributed by atoms with Crippen molar-refractivity contribution >= 4 is 12.2 Å². The van der Waals surface area contributed by atoms with Crippen molar-refractivity contribution in [2.45, 2.75) is 90.5 Å². The molecule has 1 aromatic rings. The standard InChI is InChI=1S/C15H30N4S/c1-2-3-4-5-6-7-8-9-10-11-12-13-14-19-15(20)16-17-18-19/h2-14H2,1H3,(H,16,18,20). The molecular weight excluding hydrogens is 268 g/mol. The Balaban J connectivity index is 1.79. The van der Waals surface area contributed by atoms with Crippen LogP contribution in [0.4, 0.5) is 0 Å². The first-order valence-electron chi connectivity index (χ1n) is 8.32. The molecule has 0 aliphatic carbocycles. The van der Waals surface area contributed by atoms with Crippen LogP contribution in [0.1, 0.15) is 84.0 Å². The molecule has 0 amide bonds. The number of nitrogens with zero attached hydrogens (tertiary/aromatic N) is 3. The third-order valence-electron chi connectivity index (χ3n) is 3.77. The second-order valence-electron chi connectivity index (χ2n) is 5.62. The third-order valence-corrected chi connectivity index (χ3v) is 4.07. The van der Waals surface area contributed by atoms with E-state index in [0.29, 0.717) is 4.77 Å². The minimum absolute atomic E-state index is 0.563. The Hall–Kier alpha value is -0.710. The topological polar surface area (TPSA) is 46.5 Å². The number of hydrogen-bond donors (Lipinski definition) is 1. The van der Waals surface area contributed by atoms with Crippen LogP contribution >= 0.6 is 12.2 Å². The number of nitrogens with one attached hydrogen (secondary N) is 1. The number of rotatable bonds is 13. The largest absolute Gasteiger partial charge is 0.242 e. The molecule has 1 N–H and O–H groups in total. The highest BCUT2D eigenvalue weighted by atomic mass is 32.1. The lowest BCUT2D eigenvalue weighted by atomic mass is 10.1. The first-order valence-corrected chi connectivity index (χ1v) is 8.73. The molecule has 0 saturated carbocycles. The second kappa shape index (κ2) is 12.1. The van der Waals surface area contributed by atoms with Crippen molar-refractivity contribution in [1.82, 2.24) is 20.2 Å². The molecule has 0 saturated heterocycles. The molecule has 1 aromatic heterocycles. The van der Waals surface area contributed by atoms with Gasteiger partial charge in [0.25, 0.3) is 0 Å². The van der Waals surface area contributed by atoms with Gasteiger partial charge < -0.3 is 0 Å². The maximum Gasteiger partial charge on any atom is 0.238 e. The smallest absolute Gasteiger partial charge is 0.238 e. The molecule has 0 aromatic carbocycles. The van der Waals surface area contributed by atoms with Gasteiger partial charge in [-0.3, -0.25) is 0 Å². The summed E-state index contributed by atoms with van der Waals surface area (Å²) in [7, 11) is 0. The van der Waals surface area contributed by atoms with Crippen LogP contribution in [-0.4, -0.2) is 20.2 Å². The Morgan fingerprint density at radius 1 is 0.850 bits per heavy atom. The molecule has 116 valence electrons. The average molecular weight is 298 g/mol. The number of aryl methyl sites for hydroxylation is 1. The molecule has 0 aliphatic rings. The molecular formula is C15H30N4S. The zero-order valence-corrected chi connectivity index (χ0v) is 13.8. The van der Waals surface area contributed by atoms with Crippen LogP contribution in [0.3, 0.4) is 0 Å². The lowest BCUT2D eigenvalue weighted by molar-refractivity contribution is 0.503. The molecule has 20 heavy (non-hydrogen) atoms. The van der Waals surface area contributed by atoms with Gasteiger partial charge in [0.1, 0.15) is 0 Å². The van der Waals surface area contributed by atoms with Gasteiger partial charge >= 0.3 is 0 Å². The van der Waals surface area contributed by atoms with Crippen LogP contribution in [0.2, 0.25) is 0 Å². The summed E-state index contributed by atoms with van der Waals surface area (Å²) in [6.07, 6.45) is 16.5. The normalized spacial score (nSPS) is 11.1. The first-order chi connectivity index (χ1) is 9.84. The van der Waals surface area contributed by atoms with E-state index in [4.69, 9.17) is 12.2 Å². The van der Waals surface area contributed by atoms with Crippen LogP contribution in [0, 0.1) is 4.77 Å². The van der Waals surface area contributed by atoms with Crippen molar-refractivity contribution in [3.8, 4) is 0 Å². The Morgan fingerprint density at radius 2 is 1.35 bits per heavy atom. The summed E-state index contributed by atoms with van der Waals surface area (Å²) in [5.41, 5.74) is 0. The summed E-state index contributed by atoms with van der Waals surface area (Å²) < 4.78 is 2.40. The van der Waals surface area contributed by atoms with Crippen molar-refractivity contribution in [3.63, 3.8) is 0 Å². The van der Waals surface area contributed by atoms with Gasteiger partial charge in [0, 0.05) is 6.54 Å². The number of tetrazole rings is 1. The predicted octanol–water partition coefficient (Wildman–Crippen LogP) is 5.04. The van der Waals surface area contributed by atoms with E-state index in [1.54, 1.807) is 0 Å². The summed E-state index contributed by atoms with van der Waals surface area (Å²) in [6, 6.07) is 0. The summed E-state index contributed by atoms with van der Waals surface area (Å²) >= 11 is 5.03. The van der Waals surface area contributed by atoms with E-state index in [0.717, 1.165) is 13.0 Å². The first kappa shape index (κ1) is 17.3. The Kier molecular flexibility index (Phi) is 10.5. The van der Waals surface area contributed by atoms with Gasteiger partial charge in [-0.15, -0.1) is 0 Å². The lowest BCUT2D eigenvalue weighted by Gasteiger charge is -2.03. The summed E-state index contributed by atoms with van der Waals surface area (Å²) in [6.45, 7) is 3.19. The molecule has 0 unspecified atom stereocenters.